The molecule has 0 amide bonds. The van der Waals surface area contributed by atoms with Gasteiger partial charge >= 0.3 is 0 Å². The fourth-order valence-corrected chi connectivity index (χ4v) is 3.13. The van der Waals surface area contributed by atoms with Gasteiger partial charge in [0.2, 0.25) is 0 Å². The highest BCUT2D eigenvalue weighted by Gasteiger charge is 2.19. The van der Waals surface area contributed by atoms with Crippen LogP contribution in [0.3, 0.4) is 0 Å². The number of benzene rings is 1. The first-order valence-corrected chi connectivity index (χ1v) is 7.06. The summed E-state index contributed by atoms with van der Waals surface area (Å²) in [5.41, 5.74) is 6.33. The average Bonchev–Trinajstić information content (AvgIpc) is 2.69. The molecule has 17 heavy (non-hydrogen) atoms. The highest BCUT2D eigenvalue weighted by Crippen LogP contribution is 2.35. The van der Waals surface area contributed by atoms with Gasteiger partial charge in [0.1, 0.15) is 5.82 Å². The standard InChI is InChI=1S/C11H7BrCl2FNS/c12-6-4-9(15)5(3-8(6)14)10(16)11-7(13)1-2-17-11/h1-4,10H,16H2. The van der Waals surface area contributed by atoms with E-state index in [1.807, 2.05) is 5.38 Å². The quantitative estimate of drug-likeness (QED) is 0.754. The van der Waals surface area contributed by atoms with Gasteiger partial charge in [0, 0.05) is 14.9 Å². The van der Waals surface area contributed by atoms with E-state index in [0.717, 1.165) is 4.88 Å². The second-order valence-corrected chi connectivity index (χ2v) is 6.01. The summed E-state index contributed by atoms with van der Waals surface area (Å²) in [7, 11) is 0. The number of halogens is 4. The summed E-state index contributed by atoms with van der Waals surface area (Å²) in [5, 5.41) is 2.78. The Kier molecular flexibility index (Phi) is 4.10. The maximum Gasteiger partial charge on any atom is 0.129 e. The van der Waals surface area contributed by atoms with Gasteiger partial charge in [-0.15, -0.1) is 11.3 Å². The van der Waals surface area contributed by atoms with E-state index in [0.29, 0.717) is 20.1 Å². The summed E-state index contributed by atoms with van der Waals surface area (Å²) in [6.07, 6.45) is 0. The number of hydrogen-bond donors (Lipinski definition) is 1. The number of nitrogens with two attached hydrogens (primary N) is 1. The van der Waals surface area contributed by atoms with Crippen molar-refractivity contribution in [3.8, 4) is 0 Å². The van der Waals surface area contributed by atoms with Crippen LogP contribution in [0.25, 0.3) is 0 Å². The van der Waals surface area contributed by atoms with Gasteiger partial charge in [0.15, 0.2) is 0 Å². The first-order chi connectivity index (χ1) is 8.00. The lowest BCUT2D eigenvalue weighted by Crippen LogP contribution is -2.12. The fourth-order valence-electron chi connectivity index (χ4n) is 1.44. The van der Waals surface area contributed by atoms with E-state index >= 15 is 0 Å². The third-order valence-electron chi connectivity index (χ3n) is 2.30. The van der Waals surface area contributed by atoms with E-state index in [2.05, 4.69) is 15.9 Å². The summed E-state index contributed by atoms with van der Waals surface area (Å²) < 4.78 is 14.3. The Morgan fingerprint density at radius 3 is 2.59 bits per heavy atom. The van der Waals surface area contributed by atoms with Crippen molar-refractivity contribution in [3.63, 3.8) is 0 Å². The van der Waals surface area contributed by atoms with E-state index in [1.54, 1.807) is 6.07 Å². The molecule has 1 aromatic heterocycles. The third kappa shape index (κ3) is 2.66. The molecule has 0 spiro atoms. The van der Waals surface area contributed by atoms with Crippen molar-refractivity contribution in [2.24, 2.45) is 5.73 Å². The van der Waals surface area contributed by atoms with Crippen LogP contribution in [-0.2, 0) is 0 Å². The van der Waals surface area contributed by atoms with Crippen LogP contribution in [0.2, 0.25) is 10.0 Å². The molecule has 1 unspecified atom stereocenters. The zero-order valence-corrected chi connectivity index (χ0v) is 12.3. The van der Waals surface area contributed by atoms with Gasteiger partial charge in [0.05, 0.1) is 16.1 Å². The predicted molar refractivity (Wildman–Crippen MR) is 74.5 cm³/mol. The van der Waals surface area contributed by atoms with Gasteiger partial charge in [0.25, 0.3) is 0 Å². The highest BCUT2D eigenvalue weighted by atomic mass is 79.9. The molecule has 1 atom stereocenters. The van der Waals surface area contributed by atoms with Crippen LogP contribution < -0.4 is 5.73 Å². The third-order valence-corrected chi connectivity index (χ3v) is 4.94. The Hall–Kier alpha value is -0.130. The van der Waals surface area contributed by atoms with Crippen molar-refractivity contribution >= 4 is 50.5 Å². The highest BCUT2D eigenvalue weighted by molar-refractivity contribution is 9.10. The van der Waals surface area contributed by atoms with Crippen LogP contribution >= 0.6 is 50.5 Å². The molecule has 2 N–H and O–H groups in total. The monoisotopic (exact) mass is 353 g/mol. The first-order valence-electron chi connectivity index (χ1n) is 4.63. The molecule has 1 nitrogen and oxygen atoms in total. The summed E-state index contributed by atoms with van der Waals surface area (Å²) in [4.78, 5) is 0.726. The largest absolute Gasteiger partial charge is 0.319 e. The molecule has 1 heterocycles. The van der Waals surface area contributed by atoms with Crippen molar-refractivity contribution < 1.29 is 4.39 Å². The van der Waals surface area contributed by atoms with Crippen molar-refractivity contribution in [1.29, 1.82) is 0 Å². The number of hydrogen-bond acceptors (Lipinski definition) is 2. The SMILES string of the molecule is NC(c1cc(Cl)c(Br)cc1F)c1sccc1Cl. The molecule has 0 aliphatic rings. The minimum absolute atomic E-state index is 0.336. The zero-order chi connectivity index (χ0) is 12.6. The molecule has 0 saturated heterocycles. The minimum atomic E-state index is -0.604. The van der Waals surface area contributed by atoms with E-state index in [4.69, 9.17) is 28.9 Å². The lowest BCUT2D eigenvalue weighted by Gasteiger charge is -2.13. The van der Waals surface area contributed by atoms with Crippen LogP contribution in [0, 0.1) is 5.82 Å². The van der Waals surface area contributed by atoms with E-state index in [9.17, 15) is 4.39 Å². The Morgan fingerprint density at radius 1 is 1.29 bits per heavy atom. The maximum absolute atomic E-state index is 13.8. The van der Waals surface area contributed by atoms with Gasteiger partial charge in [-0.25, -0.2) is 4.39 Å². The van der Waals surface area contributed by atoms with Gasteiger partial charge in [-0.1, -0.05) is 23.2 Å². The maximum atomic E-state index is 13.8. The molecule has 2 rings (SSSR count). The molecule has 0 radical (unpaired) electrons. The average molecular weight is 355 g/mol. The molecule has 0 aliphatic heterocycles. The second kappa shape index (κ2) is 5.24. The van der Waals surface area contributed by atoms with Crippen LogP contribution in [0.4, 0.5) is 4.39 Å². The molecule has 0 aliphatic carbocycles. The van der Waals surface area contributed by atoms with Gasteiger partial charge in [-0.3, -0.25) is 0 Å². The fraction of sp³-hybridized carbons (Fsp3) is 0.0909. The zero-order valence-electron chi connectivity index (χ0n) is 8.38. The van der Waals surface area contributed by atoms with Crippen LogP contribution in [0.15, 0.2) is 28.1 Å². The van der Waals surface area contributed by atoms with Crippen LogP contribution in [0.1, 0.15) is 16.5 Å². The summed E-state index contributed by atoms with van der Waals surface area (Å²) in [6.45, 7) is 0. The van der Waals surface area contributed by atoms with Crippen molar-refractivity contribution in [2.45, 2.75) is 6.04 Å². The Morgan fingerprint density at radius 2 is 2.00 bits per heavy atom. The van der Waals surface area contributed by atoms with Gasteiger partial charge in [-0.05, 0) is 39.5 Å². The van der Waals surface area contributed by atoms with Crippen molar-refractivity contribution in [2.75, 3.05) is 0 Å². The van der Waals surface area contributed by atoms with Crippen molar-refractivity contribution in [3.05, 3.63) is 54.4 Å². The Bertz CT molecular complexity index is 558. The van der Waals surface area contributed by atoms with Crippen LogP contribution in [-0.4, -0.2) is 0 Å². The molecule has 0 saturated carbocycles. The van der Waals surface area contributed by atoms with Gasteiger partial charge < -0.3 is 5.73 Å². The molecule has 2 aromatic rings. The van der Waals surface area contributed by atoms with Gasteiger partial charge in [-0.2, -0.15) is 0 Å². The number of rotatable bonds is 2. The smallest absolute Gasteiger partial charge is 0.129 e. The first kappa shape index (κ1) is 13.3. The van der Waals surface area contributed by atoms with E-state index in [1.165, 1.54) is 23.5 Å². The molecular weight excluding hydrogens is 348 g/mol. The lowest BCUT2D eigenvalue weighted by molar-refractivity contribution is 0.600. The van der Waals surface area contributed by atoms with E-state index in [-0.39, 0.29) is 0 Å². The second-order valence-electron chi connectivity index (χ2n) is 3.40. The molecule has 0 fully saturated rings. The molecular formula is C11H7BrCl2FNS. The molecule has 90 valence electrons. The summed E-state index contributed by atoms with van der Waals surface area (Å²) >= 11 is 16.5. The van der Waals surface area contributed by atoms with E-state index < -0.39 is 11.9 Å². The molecule has 6 heteroatoms. The Balaban J connectivity index is 2.48. The normalized spacial score (nSPS) is 12.8. The Labute approximate surface area is 120 Å². The molecule has 0 bridgehead atoms. The summed E-state index contributed by atoms with van der Waals surface area (Å²) in [6, 6.07) is 3.95. The molecule has 1 aromatic carbocycles. The van der Waals surface area contributed by atoms with Crippen molar-refractivity contribution in [1.82, 2.24) is 0 Å². The summed E-state index contributed by atoms with van der Waals surface area (Å²) in [5.74, 6) is -0.404. The number of thiophene rings is 1. The van der Waals surface area contributed by atoms with Crippen LogP contribution in [0.5, 0.6) is 0 Å². The minimum Gasteiger partial charge on any atom is -0.319 e. The topological polar surface area (TPSA) is 26.0 Å². The predicted octanol–water partition coefficient (Wildman–Crippen LogP) is 5.00. The lowest BCUT2D eigenvalue weighted by atomic mass is 10.1.